The fourth-order valence-electron chi connectivity index (χ4n) is 5.39. The standard InChI is InChI=1S/C12H25NO6Si.C10H21NO3Si.C8H17NO2Si.C7H15NO2Si.C6H13NO3Si/c1-12(11-13)20(17-8-5-14-2,18-9-6-15-3)19-10-7-16-4;1-4-12-15(13-5-2,14-6-3)10-8-7-9-11;1-4-10-12(3,11-5-2)8-6-7-9;1-9-11(3,10-2)7-5-4-6-8;1-8-11(9-2,10-3)6-4-5-7/h12H,5-10H2,1-4H3;4-8,10H2,1-3H3;4-6,8H2,1-3H3;4-5,7H2,1-3H3;4,6H2,1-3H3. The van der Waals surface area contributed by atoms with Crippen molar-refractivity contribution in [1.29, 1.82) is 26.3 Å². The van der Waals surface area contributed by atoms with Gasteiger partial charge < -0.3 is 71.7 Å². The first-order chi connectivity index (χ1) is 33.0. The Kier molecular flexibility index (Phi) is 57.4. The molecule has 21 nitrogen and oxygen atoms in total. The number of unbranched alkanes of at least 4 members (excludes halogenated alkanes) is 2. The Balaban J connectivity index is -0.000000253. The molecule has 0 saturated carbocycles. The molecule has 0 bridgehead atoms. The maximum atomic E-state index is 9.19. The number of methoxy groups -OCH3 is 3. The molecule has 0 aromatic carbocycles. The monoisotopic (exact) mass is 1070 g/mol. The van der Waals surface area contributed by atoms with Gasteiger partial charge in [0.2, 0.25) is 0 Å². The van der Waals surface area contributed by atoms with E-state index in [4.69, 9.17) is 92.8 Å². The van der Waals surface area contributed by atoms with Gasteiger partial charge in [0, 0.05) is 134 Å². The first-order valence-electron chi connectivity index (χ1n) is 23.2. The Hall–Kier alpha value is -2.11. The van der Waals surface area contributed by atoms with Crippen LogP contribution in [0.25, 0.3) is 0 Å². The van der Waals surface area contributed by atoms with Crippen molar-refractivity contribution in [2.24, 2.45) is 0 Å². The van der Waals surface area contributed by atoms with Crippen LogP contribution in [-0.2, 0) is 71.7 Å². The van der Waals surface area contributed by atoms with E-state index in [0.717, 1.165) is 31.0 Å². The van der Waals surface area contributed by atoms with Crippen molar-refractivity contribution < 1.29 is 71.7 Å². The van der Waals surface area contributed by atoms with Crippen molar-refractivity contribution in [3.8, 4) is 30.3 Å². The van der Waals surface area contributed by atoms with Crippen molar-refractivity contribution in [1.82, 2.24) is 0 Å². The van der Waals surface area contributed by atoms with Crippen LogP contribution in [-0.4, -0.2) is 173 Å². The van der Waals surface area contributed by atoms with Gasteiger partial charge in [0.25, 0.3) is 0 Å². The molecule has 0 radical (unpaired) electrons. The predicted molar refractivity (Wildman–Crippen MR) is 272 cm³/mol. The lowest BCUT2D eigenvalue weighted by molar-refractivity contribution is 0.0119. The van der Waals surface area contributed by atoms with Gasteiger partial charge in [-0.2, -0.15) is 26.3 Å². The van der Waals surface area contributed by atoms with Crippen molar-refractivity contribution in [2.75, 3.05) is 130 Å². The molecule has 0 aliphatic rings. The van der Waals surface area contributed by atoms with E-state index < -0.39 is 49.1 Å². The molecule has 0 rings (SSSR count). The highest BCUT2D eigenvalue weighted by molar-refractivity contribution is 6.66. The number of nitrogens with zero attached hydrogens (tertiary/aromatic N) is 5. The summed E-state index contributed by atoms with van der Waals surface area (Å²) < 4.78 is 85.9. The Morgan fingerprint density at radius 1 is 0.377 bits per heavy atom. The zero-order valence-electron chi connectivity index (χ0n) is 45.2. The van der Waals surface area contributed by atoms with Crippen LogP contribution in [0.2, 0.25) is 42.8 Å². The van der Waals surface area contributed by atoms with E-state index in [1.807, 2.05) is 53.8 Å². The van der Waals surface area contributed by atoms with Gasteiger partial charge in [-0.05, 0) is 73.5 Å². The highest BCUT2D eigenvalue weighted by atomic mass is 28.4. The molecule has 0 heterocycles. The van der Waals surface area contributed by atoms with Crippen LogP contribution >= 0.6 is 0 Å². The van der Waals surface area contributed by atoms with E-state index >= 15 is 0 Å². The van der Waals surface area contributed by atoms with Gasteiger partial charge >= 0.3 is 43.5 Å². The summed E-state index contributed by atoms with van der Waals surface area (Å²) in [7, 11) is 0.761. The average molecular weight is 1070 g/mol. The minimum absolute atomic E-state index is 0.314. The van der Waals surface area contributed by atoms with Crippen molar-refractivity contribution in [3.05, 3.63) is 0 Å². The number of ether oxygens (including phenoxy) is 3. The molecule has 404 valence electrons. The normalized spacial score (nSPS) is 11.8. The molecule has 0 aliphatic carbocycles. The summed E-state index contributed by atoms with van der Waals surface area (Å²) in [5, 5.41) is 42.7. The molecule has 0 fully saturated rings. The van der Waals surface area contributed by atoms with Gasteiger partial charge in [-0.25, -0.2) is 0 Å². The lowest BCUT2D eigenvalue weighted by Crippen LogP contribution is -2.51. The van der Waals surface area contributed by atoms with Crippen molar-refractivity contribution in [2.45, 2.75) is 123 Å². The average Bonchev–Trinajstić information content (AvgIpc) is 3.35. The highest BCUT2D eigenvalue weighted by Crippen LogP contribution is 2.25. The number of nitriles is 5. The molecule has 0 amide bonds. The van der Waals surface area contributed by atoms with Gasteiger partial charge in [-0.3, -0.25) is 0 Å². The van der Waals surface area contributed by atoms with E-state index in [2.05, 4.69) is 24.3 Å². The molecular weight excluding hydrogens is 983 g/mol. The zero-order chi connectivity index (χ0) is 53.8. The van der Waals surface area contributed by atoms with Crippen LogP contribution in [0.4, 0.5) is 0 Å². The van der Waals surface area contributed by atoms with Crippen LogP contribution in [0.15, 0.2) is 0 Å². The zero-order valence-corrected chi connectivity index (χ0v) is 50.2. The summed E-state index contributed by atoms with van der Waals surface area (Å²) in [6.07, 6.45) is 3.71. The molecular formula is C43H91N5O16Si5. The second kappa shape index (κ2) is 52.2. The fraction of sp³-hybridized carbons (Fsp3) is 0.884. The first kappa shape index (κ1) is 75.8. The Labute approximate surface area is 422 Å². The van der Waals surface area contributed by atoms with Crippen molar-refractivity contribution >= 4 is 43.5 Å². The van der Waals surface area contributed by atoms with E-state index in [1.165, 1.54) is 21.3 Å². The molecule has 1 atom stereocenters. The molecule has 0 aromatic rings. The minimum atomic E-state index is -3.11. The third-order valence-electron chi connectivity index (χ3n) is 9.21. The quantitative estimate of drug-likeness (QED) is 0.0424. The fourth-order valence-corrected chi connectivity index (χ4v) is 15.3. The van der Waals surface area contributed by atoms with Gasteiger partial charge in [0.15, 0.2) is 0 Å². The third-order valence-corrected chi connectivity index (χ3v) is 24.0. The SMILES string of the molecule is CCO[Si](C)(CCC#N)OCC.CCO[Si](CCCC#N)(OCC)OCC.COCCO[Si](OCCOC)(OCCOC)C(C)C#N.CO[Si](C)(CCCC#N)OC.CO[Si](CCC#N)(OC)OC. The predicted octanol–water partition coefficient (Wildman–Crippen LogP) is 7.64. The van der Waals surface area contributed by atoms with E-state index in [-0.39, 0.29) is 0 Å². The largest absolute Gasteiger partial charge is 0.518 e. The summed E-state index contributed by atoms with van der Waals surface area (Å²) in [4.78, 5) is 0. The van der Waals surface area contributed by atoms with Gasteiger partial charge in [-0.1, -0.05) is 0 Å². The molecule has 0 aromatic heterocycles. The molecule has 26 heteroatoms. The Bertz CT molecular complexity index is 1310. The van der Waals surface area contributed by atoms with E-state index in [0.29, 0.717) is 104 Å². The molecule has 0 N–H and O–H groups in total. The maximum absolute atomic E-state index is 9.19. The third kappa shape index (κ3) is 41.1. The molecule has 0 spiro atoms. The first-order valence-corrected chi connectivity index (χ1v) is 33.9. The lowest BCUT2D eigenvalue weighted by Gasteiger charge is -2.31. The van der Waals surface area contributed by atoms with Crippen molar-refractivity contribution in [3.63, 3.8) is 0 Å². The second-order valence-electron chi connectivity index (χ2n) is 14.1. The second-order valence-corrected chi connectivity index (χ2v) is 29.8. The molecule has 69 heavy (non-hydrogen) atoms. The van der Waals surface area contributed by atoms with Gasteiger partial charge in [-0.15, -0.1) is 0 Å². The smallest absolute Gasteiger partial charge is 0.398 e. The number of rotatable bonds is 38. The maximum Gasteiger partial charge on any atom is 0.518 e. The Morgan fingerprint density at radius 3 is 1.01 bits per heavy atom. The van der Waals surface area contributed by atoms with Gasteiger partial charge in [0.05, 0.1) is 70.0 Å². The van der Waals surface area contributed by atoms with Crippen LogP contribution in [0.1, 0.15) is 80.1 Å². The van der Waals surface area contributed by atoms with Crippen LogP contribution < -0.4 is 0 Å². The summed E-state index contributed by atoms with van der Waals surface area (Å²) >= 11 is 0. The summed E-state index contributed by atoms with van der Waals surface area (Å²) in [5.41, 5.74) is -0.479. The van der Waals surface area contributed by atoms with Crippen LogP contribution in [0, 0.1) is 56.7 Å². The van der Waals surface area contributed by atoms with Gasteiger partial charge in [0.1, 0.15) is 5.54 Å². The lowest BCUT2D eigenvalue weighted by atomic mass is 10.4. The van der Waals surface area contributed by atoms with E-state index in [9.17, 15) is 5.26 Å². The summed E-state index contributed by atoms with van der Waals surface area (Å²) in [6.45, 7) is 20.8. The number of hydrogen-bond donors (Lipinski definition) is 0. The summed E-state index contributed by atoms with van der Waals surface area (Å²) in [5.74, 6) is 0. The summed E-state index contributed by atoms with van der Waals surface area (Å²) in [6, 6.07) is 13.5. The highest BCUT2D eigenvalue weighted by Gasteiger charge is 2.48. The van der Waals surface area contributed by atoms with Crippen LogP contribution in [0.3, 0.4) is 0 Å². The number of hydrogen-bond acceptors (Lipinski definition) is 21. The minimum Gasteiger partial charge on any atom is -0.398 e. The molecule has 0 aliphatic heterocycles. The molecule has 1 unspecified atom stereocenters. The molecule has 0 saturated heterocycles. The Morgan fingerprint density at radius 2 is 0.725 bits per heavy atom. The topological polar surface area (TPSA) is 267 Å². The van der Waals surface area contributed by atoms with E-state index in [1.54, 1.807) is 42.5 Å². The van der Waals surface area contributed by atoms with Crippen LogP contribution in [0.5, 0.6) is 0 Å².